The van der Waals surface area contributed by atoms with E-state index in [4.69, 9.17) is 4.74 Å². The molecule has 0 N–H and O–H groups in total. The van der Waals surface area contributed by atoms with Crippen LogP contribution in [0.25, 0.3) is 0 Å². The SMILES string of the molecule is COC(=O)[C@@]1(C)C[C@@H]2CC[C@H]1CC2=O. The molecule has 78 valence electrons. The summed E-state index contributed by atoms with van der Waals surface area (Å²) in [6.45, 7) is 1.95. The van der Waals surface area contributed by atoms with Gasteiger partial charge in [-0.15, -0.1) is 0 Å². The van der Waals surface area contributed by atoms with Gasteiger partial charge in [-0.3, -0.25) is 9.59 Å². The molecular formula is C11H16O3. The van der Waals surface area contributed by atoms with Crippen LogP contribution in [0, 0.1) is 17.3 Å². The highest BCUT2D eigenvalue weighted by Gasteiger charge is 2.52. The van der Waals surface area contributed by atoms with Crippen molar-refractivity contribution in [1.29, 1.82) is 0 Å². The summed E-state index contributed by atoms with van der Waals surface area (Å²) in [5.74, 6) is 0.541. The van der Waals surface area contributed by atoms with E-state index >= 15 is 0 Å². The zero-order valence-corrected chi connectivity index (χ0v) is 8.71. The second-order valence-electron chi connectivity index (χ2n) is 4.75. The zero-order valence-electron chi connectivity index (χ0n) is 8.71. The number of ketones is 1. The fourth-order valence-electron chi connectivity index (χ4n) is 3.00. The molecule has 0 aromatic heterocycles. The monoisotopic (exact) mass is 196 g/mol. The van der Waals surface area contributed by atoms with E-state index in [1.54, 1.807) is 0 Å². The minimum absolute atomic E-state index is 0.115. The summed E-state index contributed by atoms with van der Waals surface area (Å²) < 4.78 is 4.83. The lowest BCUT2D eigenvalue weighted by Crippen LogP contribution is -2.49. The number of rotatable bonds is 1. The minimum Gasteiger partial charge on any atom is -0.469 e. The molecule has 0 amide bonds. The predicted octanol–water partition coefficient (Wildman–Crippen LogP) is 1.55. The molecule has 3 heteroatoms. The first-order valence-corrected chi connectivity index (χ1v) is 5.19. The average molecular weight is 196 g/mol. The first kappa shape index (κ1) is 9.69. The van der Waals surface area contributed by atoms with Crippen LogP contribution in [-0.2, 0) is 14.3 Å². The smallest absolute Gasteiger partial charge is 0.311 e. The van der Waals surface area contributed by atoms with Crippen LogP contribution in [0.3, 0.4) is 0 Å². The number of carbonyl (C=O) groups excluding carboxylic acids is 2. The Hall–Kier alpha value is -0.860. The predicted molar refractivity (Wildman–Crippen MR) is 50.6 cm³/mol. The molecule has 3 atom stereocenters. The normalized spacial score (nSPS) is 41.1. The van der Waals surface area contributed by atoms with Crippen molar-refractivity contribution in [3.05, 3.63) is 0 Å². The van der Waals surface area contributed by atoms with E-state index in [1.807, 2.05) is 6.92 Å². The number of methoxy groups -OCH3 is 1. The van der Waals surface area contributed by atoms with E-state index in [-0.39, 0.29) is 17.8 Å². The number of carbonyl (C=O) groups is 2. The number of esters is 1. The van der Waals surface area contributed by atoms with E-state index in [2.05, 4.69) is 0 Å². The summed E-state index contributed by atoms with van der Waals surface area (Å²) in [4.78, 5) is 23.2. The van der Waals surface area contributed by atoms with Gasteiger partial charge in [-0.25, -0.2) is 0 Å². The van der Waals surface area contributed by atoms with Crippen LogP contribution in [0.5, 0.6) is 0 Å². The van der Waals surface area contributed by atoms with Crippen molar-refractivity contribution in [3.63, 3.8) is 0 Å². The second-order valence-corrected chi connectivity index (χ2v) is 4.75. The minimum atomic E-state index is -0.397. The number of hydrogen-bond donors (Lipinski definition) is 0. The molecule has 0 aliphatic heterocycles. The largest absolute Gasteiger partial charge is 0.469 e. The van der Waals surface area contributed by atoms with E-state index in [9.17, 15) is 9.59 Å². The van der Waals surface area contributed by atoms with Gasteiger partial charge in [0.25, 0.3) is 0 Å². The number of ether oxygens (including phenoxy) is 1. The molecule has 3 fully saturated rings. The van der Waals surface area contributed by atoms with Crippen molar-refractivity contribution in [2.75, 3.05) is 7.11 Å². The quantitative estimate of drug-likeness (QED) is 0.598. The molecule has 0 spiro atoms. The maximum Gasteiger partial charge on any atom is 0.311 e. The Labute approximate surface area is 83.8 Å². The van der Waals surface area contributed by atoms with Gasteiger partial charge in [-0.1, -0.05) is 0 Å². The van der Waals surface area contributed by atoms with Crippen LogP contribution in [0.4, 0.5) is 0 Å². The van der Waals surface area contributed by atoms with Gasteiger partial charge in [0.1, 0.15) is 5.78 Å². The summed E-state index contributed by atoms with van der Waals surface area (Å²) in [5, 5.41) is 0. The second kappa shape index (κ2) is 3.07. The van der Waals surface area contributed by atoms with E-state index in [0.29, 0.717) is 18.6 Å². The summed E-state index contributed by atoms with van der Waals surface area (Å²) in [5.41, 5.74) is -0.397. The van der Waals surface area contributed by atoms with Gasteiger partial charge in [0.05, 0.1) is 12.5 Å². The molecule has 3 rings (SSSR count). The summed E-state index contributed by atoms with van der Waals surface area (Å²) in [6.07, 6.45) is 3.25. The molecule has 0 heterocycles. The van der Waals surface area contributed by atoms with E-state index in [0.717, 1.165) is 12.8 Å². The van der Waals surface area contributed by atoms with Crippen molar-refractivity contribution in [1.82, 2.24) is 0 Å². The third kappa shape index (κ3) is 1.18. The van der Waals surface area contributed by atoms with Gasteiger partial charge in [-0.05, 0) is 32.1 Å². The third-order valence-electron chi connectivity index (χ3n) is 3.99. The Morgan fingerprint density at radius 2 is 2.21 bits per heavy atom. The van der Waals surface area contributed by atoms with Crippen LogP contribution in [0.1, 0.15) is 32.6 Å². The van der Waals surface area contributed by atoms with Crippen LogP contribution < -0.4 is 0 Å². The Balaban J connectivity index is 2.24. The number of hydrogen-bond acceptors (Lipinski definition) is 3. The Kier molecular flexibility index (Phi) is 2.13. The molecule has 3 nitrogen and oxygen atoms in total. The number of Topliss-reactive ketones (excluding diaryl/α,β-unsaturated/α-hetero) is 1. The van der Waals surface area contributed by atoms with Crippen molar-refractivity contribution in [3.8, 4) is 0 Å². The van der Waals surface area contributed by atoms with Gasteiger partial charge in [-0.2, -0.15) is 0 Å². The Morgan fingerprint density at radius 3 is 2.64 bits per heavy atom. The van der Waals surface area contributed by atoms with E-state index < -0.39 is 5.41 Å². The molecule has 0 unspecified atom stereocenters. The third-order valence-corrected chi connectivity index (χ3v) is 3.99. The fraction of sp³-hybridized carbons (Fsp3) is 0.818. The highest BCUT2D eigenvalue weighted by molar-refractivity contribution is 5.87. The van der Waals surface area contributed by atoms with Crippen LogP contribution >= 0.6 is 0 Å². The molecule has 3 saturated carbocycles. The zero-order chi connectivity index (χ0) is 10.3. The van der Waals surface area contributed by atoms with Crippen LogP contribution in [0.15, 0.2) is 0 Å². The molecule has 0 aromatic carbocycles. The standard InChI is InChI=1S/C11H16O3/c1-11(10(13)14-2)6-7-3-4-8(11)5-9(7)12/h7-8H,3-6H2,1-2H3/t7-,8-,11-/m0/s1. The lowest BCUT2D eigenvalue weighted by molar-refractivity contribution is -0.164. The lowest BCUT2D eigenvalue weighted by Gasteiger charge is -2.46. The Bertz CT molecular complexity index is 284. The van der Waals surface area contributed by atoms with Crippen LogP contribution in [0.2, 0.25) is 0 Å². The summed E-state index contributed by atoms with van der Waals surface area (Å²) in [7, 11) is 1.43. The van der Waals surface area contributed by atoms with Gasteiger partial charge < -0.3 is 4.74 Å². The van der Waals surface area contributed by atoms with E-state index in [1.165, 1.54) is 7.11 Å². The van der Waals surface area contributed by atoms with Crippen molar-refractivity contribution >= 4 is 11.8 Å². The van der Waals surface area contributed by atoms with Gasteiger partial charge in [0.15, 0.2) is 0 Å². The topological polar surface area (TPSA) is 43.4 Å². The molecule has 14 heavy (non-hydrogen) atoms. The lowest BCUT2D eigenvalue weighted by atomic mass is 9.56. The summed E-state index contributed by atoms with van der Waals surface area (Å²) >= 11 is 0. The highest BCUT2D eigenvalue weighted by Crippen LogP contribution is 2.51. The molecule has 3 aliphatic rings. The van der Waals surface area contributed by atoms with Gasteiger partial charge in [0.2, 0.25) is 0 Å². The van der Waals surface area contributed by atoms with Crippen molar-refractivity contribution in [2.24, 2.45) is 17.3 Å². The van der Waals surface area contributed by atoms with Crippen molar-refractivity contribution < 1.29 is 14.3 Å². The summed E-state index contributed by atoms with van der Waals surface area (Å²) in [6, 6.07) is 0. The first-order valence-electron chi connectivity index (χ1n) is 5.19. The maximum atomic E-state index is 11.7. The molecular weight excluding hydrogens is 180 g/mol. The molecule has 0 saturated heterocycles. The molecule has 2 bridgehead atoms. The van der Waals surface area contributed by atoms with Crippen LogP contribution in [-0.4, -0.2) is 18.9 Å². The number of fused-ring (bicyclic) bond motifs is 3. The average Bonchev–Trinajstić information content (AvgIpc) is 2.19. The first-order chi connectivity index (χ1) is 6.58. The fourth-order valence-corrected chi connectivity index (χ4v) is 3.00. The Morgan fingerprint density at radius 1 is 1.50 bits per heavy atom. The van der Waals surface area contributed by atoms with Crippen molar-refractivity contribution in [2.45, 2.75) is 32.6 Å². The highest BCUT2D eigenvalue weighted by atomic mass is 16.5. The molecule has 3 aliphatic carbocycles. The van der Waals surface area contributed by atoms with Gasteiger partial charge in [0, 0.05) is 12.3 Å². The van der Waals surface area contributed by atoms with Gasteiger partial charge >= 0.3 is 5.97 Å². The maximum absolute atomic E-state index is 11.7. The molecule has 0 aromatic rings. The molecule has 0 radical (unpaired) electrons.